The van der Waals surface area contributed by atoms with Gasteiger partial charge in [-0.2, -0.15) is 0 Å². The summed E-state index contributed by atoms with van der Waals surface area (Å²) in [5, 5.41) is 0. The summed E-state index contributed by atoms with van der Waals surface area (Å²) in [6, 6.07) is 24.1. The number of para-hydroxylation sites is 2. The lowest BCUT2D eigenvalue weighted by molar-refractivity contribution is 0.619. The summed E-state index contributed by atoms with van der Waals surface area (Å²) in [5.41, 5.74) is 4.83. The van der Waals surface area contributed by atoms with Gasteiger partial charge in [0.2, 0.25) is 5.89 Å². The summed E-state index contributed by atoms with van der Waals surface area (Å²) < 4.78 is 6.94. The molecule has 3 heteroatoms. The maximum Gasteiger partial charge on any atom is 0.227 e. The van der Waals surface area contributed by atoms with Gasteiger partial charge in [0, 0.05) is 15.6 Å². The highest BCUT2D eigenvalue weighted by Gasteiger charge is 2.12. The number of benzene rings is 3. The number of fused-ring (bicyclic) bond motifs is 1. The van der Waals surface area contributed by atoms with Crippen LogP contribution in [-0.4, -0.2) is 4.98 Å². The van der Waals surface area contributed by atoms with Crippen LogP contribution in [0.1, 0.15) is 11.1 Å². The molecule has 0 spiro atoms. The molecule has 4 rings (SSSR count). The smallest absolute Gasteiger partial charge is 0.227 e. The topological polar surface area (TPSA) is 26.0 Å². The minimum absolute atomic E-state index is 0.630. The molecule has 24 heavy (non-hydrogen) atoms. The summed E-state index contributed by atoms with van der Waals surface area (Å²) in [7, 11) is 0. The lowest BCUT2D eigenvalue weighted by Crippen LogP contribution is -1.85. The lowest BCUT2D eigenvalue weighted by Gasteiger charge is -2.05. The van der Waals surface area contributed by atoms with Gasteiger partial charge < -0.3 is 4.42 Å². The van der Waals surface area contributed by atoms with E-state index in [4.69, 9.17) is 4.42 Å². The van der Waals surface area contributed by atoms with Gasteiger partial charge in [0.25, 0.3) is 0 Å². The zero-order valence-corrected chi connectivity index (χ0v) is 14.4. The first-order valence-corrected chi connectivity index (χ1v) is 8.48. The minimum Gasteiger partial charge on any atom is -0.436 e. The van der Waals surface area contributed by atoms with Crippen molar-refractivity contribution >= 4 is 39.2 Å². The van der Waals surface area contributed by atoms with Crippen LogP contribution in [0.25, 0.3) is 34.7 Å². The van der Waals surface area contributed by atoms with Gasteiger partial charge in [0.1, 0.15) is 5.52 Å². The predicted molar refractivity (Wildman–Crippen MR) is 103 cm³/mol. The third kappa shape index (κ3) is 2.91. The molecule has 0 aliphatic carbocycles. The zero-order valence-electron chi connectivity index (χ0n) is 12.8. The second-order valence-electron chi connectivity index (χ2n) is 5.43. The van der Waals surface area contributed by atoms with E-state index in [1.807, 2.05) is 60.7 Å². The Morgan fingerprint density at radius 1 is 0.792 bits per heavy atom. The summed E-state index contributed by atoms with van der Waals surface area (Å²) >= 11 is 3.64. The molecular formula is C21H14BrNO. The van der Waals surface area contributed by atoms with E-state index in [0.717, 1.165) is 32.3 Å². The van der Waals surface area contributed by atoms with Crippen molar-refractivity contribution in [3.8, 4) is 11.5 Å². The van der Waals surface area contributed by atoms with Crippen LogP contribution in [0.4, 0.5) is 0 Å². The largest absolute Gasteiger partial charge is 0.436 e. The lowest BCUT2D eigenvalue weighted by atomic mass is 10.1. The van der Waals surface area contributed by atoms with Gasteiger partial charge in [0.15, 0.2) is 5.58 Å². The van der Waals surface area contributed by atoms with E-state index in [2.05, 4.69) is 45.2 Å². The van der Waals surface area contributed by atoms with E-state index in [-0.39, 0.29) is 0 Å². The van der Waals surface area contributed by atoms with Crippen LogP contribution in [0.2, 0.25) is 0 Å². The first kappa shape index (κ1) is 14.9. The van der Waals surface area contributed by atoms with Crippen LogP contribution in [0.15, 0.2) is 81.7 Å². The molecule has 0 saturated carbocycles. The highest BCUT2D eigenvalue weighted by Crippen LogP contribution is 2.32. The van der Waals surface area contributed by atoms with E-state index < -0.39 is 0 Å². The second kappa shape index (κ2) is 6.46. The minimum atomic E-state index is 0.630. The number of halogens is 1. The van der Waals surface area contributed by atoms with Crippen molar-refractivity contribution in [1.29, 1.82) is 0 Å². The molecule has 0 aliphatic rings. The van der Waals surface area contributed by atoms with Crippen LogP contribution < -0.4 is 0 Å². The molecule has 116 valence electrons. The maximum atomic E-state index is 5.94. The third-order valence-corrected chi connectivity index (χ3v) is 4.51. The van der Waals surface area contributed by atoms with Crippen LogP contribution in [0.3, 0.4) is 0 Å². The van der Waals surface area contributed by atoms with Gasteiger partial charge >= 0.3 is 0 Å². The summed E-state index contributed by atoms with van der Waals surface area (Å²) in [5.74, 6) is 0.630. The molecule has 1 aromatic heterocycles. The van der Waals surface area contributed by atoms with E-state index in [1.54, 1.807) is 0 Å². The fourth-order valence-electron chi connectivity index (χ4n) is 2.62. The average Bonchev–Trinajstić information content (AvgIpc) is 3.05. The number of rotatable bonds is 3. The Bertz CT molecular complexity index is 985. The van der Waals surface area contributed by atoms with Crippen molar-refractivity contribution in [1.82, 2.24) is 4.98 Å². The number of nitrogens with zero attached hydrogens (tertiary/aromatic N) is 1. The Labute approximate surface area is 148 Å². The molecule has 1 heterocycles. The quantitative estimate of drug-likeness (QED) is 0.385. The molecule has 2 nitrogen and oxygen atoms in total. The highest BCUT2D eigenvalue weighted by molar-refractivity contribution is 9.10. The van der Waals surface area contributed by atoms with Crippen molar-refractivity contribution in [3.05, 3.63) is 88.4 Å². The number of oxazole rings is 1. The van der Waals surface area contributed by atoms with E-state index in [0.29, 0.717) is 5.89 Å². The Kier molecular flexibility index (Phi) is 4.01. The van der Waals surface area contributed by atoms with Crippen molar-refractivity contribution < 1.29 is 4.42 Å². The fraction of sp³-hybridized carbons (Fsp3) is 0. The Morgan fingerprint density at radius 3 is 2.42 bits per heavy atom. The Balaban J connectivity index is 1.81. The van der Waals surface area contributed by atoms with Gasteiger partial charge in [-0.25, -0.2) is 4.98 Å². The molecule has 4 aromatic rings. The Hall–Kier alpha value is -2.65. The molecule has 3 aromatic carbocycles. The molecule has 0 aliphatic heterocycles. The highest BCUT2D eigenvalue weighted by atomic mass is 79.9. The first-order chi connectivity index (χ1) is 11.8. The third-order valence-electron chi connectivity index (χ3n) is 3.82. The second-order valence-corrected chi connectivity index (χ2v) is 6.29. The average molecular weight is 376 g/mol. The standard InChI is InChI=1S/C21H14BrNO/c22-18-10-6-9-17(16(18)14-13-15-7-2-1-3-8-15)21-23-19-11-4-5-12-20(19)24-21/h1-14H. The molecule has 0 saturated heterocycles. The van der Waals surface area contributed by atoms with Crippen molar-refractivity contribution in [2.45, 2.75) is 0 Å². The zero-order chi connectivity index (χ0) is 16.4. The molecular weight excluding hydrogens is 362 g/mol. The molecule has 0 unspecified atom stereocenters. The SMILES string of the molecule is Brc1cccc(-c2nc3ccccc3o2)c1C=Cc1ccccc1. The van der Waals surface area contributed by atoms with Crippen LogP contribution in [-0.2, 0) is 0 Å². The number of aromatic nitrogens is 1. The van der Waals surface area contributed by atoms with E-state index >= 15 is 0 Å². The normalized spacial score (nSPS) is 11.4. The van der Waals surface area contributed by atoms with Gasteiger partial charge in [-0.15, -0.1) is 0 Å². The Morgan fingerprint density at radius 2 is 1.58 bits per heavy atom. The number of hydrogen-bond acceptors (Lipinski definition) is 2. The summed E-state index contributed by atoms with van der Waals surface area (Å²) in [6.07, 6.45) is 4.18. The van der Waals surface area contributed by atoms with E-state index in [9.17, 15) is 0 Å². The van der Waals surface area contributed by atoms with Crippen LogP contribution >= 0.6 is 15.9 Å². The van der Waals surface area contributed by atoms with Gasteiger partial charge in [0.05, 0.1) is 0 Å². The van der Waals surface area contributed by atoms with Crippen molar-refractivity contribution in [3.63, 3.8) is 0 Å². The van der Waals surface area contributed by atoms with Crippen LogP contribution in [0, 0.1) is 0 Å². The fourth-order valence-corrected chi connectivity index (χ4v) is 3.12. The van der Waals surface area contributed by atoms with Gasteiger partial charge in [-0.1, -0.05) is 76.6 Å². The first-order valence-electron chi connectivity index (χ1n) is 7.69. The molecule has 0 fully saturated rings. The summed E-state index contributed by atoms with van der Waals surface area (Å²) in [6.45, 7) is 0. The van der Waals surface area contributed by atoms with Crippen molar-refractivity contribution in [2.24, 2.45) is 0 Å². The maximum absolute atomic E-state index is 5.94. The van der Waals surface area contributed by atoms with E-state index in [1.165, 1.54) is 0 Å². The molecule has 0 bridgehead atoms. The predicted octanol–water partition coefficient (Wildman–Crippen LogP) is 6.43. The monoisotopic (exact) mass is 375 g/mol. The summed E-state index contributed by atoms with van der Waals surface area (Å²) in [4.78, 5) is 4.62. The number of hydrogen-bond donors (Lipinski definition) is 0. The molecule has 0 N–H and O–H groups in total. The van der Waals surface area contributed by atoms with Crippen molar-refractivity contribution in [2.75, 3.05) is 0 Å². The molecule has 0 atom stereocenters. The van der Waals surface area contributed by atoms with Crippen LogP contribution in [0.5, 0.6) is 0 Å². The van der Waals surface area contributed by atoms with Gasteiger partial charge in [-0.05, 0) is 29.8 Å². The molecule has 0 radical (unpaired) electrons. The molecule has 0 amide bonds. The van der Waals surface area contributed by atoms with Gasteiger partial charge in [-0.3, -0.25) is 0 Å².